The summed E-state index contributed by atoms with van der Waals surface area (Å²) in [6.45, 7) is 1.72. The van der Waals surface area contributed by atoms with Crippen molar-refractivity contribution >= 4 is 10.0 Å². The van der Waals surface area contributed by atoms with Gasteiger partial charge in [-0.25, -0.2) is 18.2 Å². The number of alkyl halides is 3. The number of fused-ring (bicyclic) bond motifs is 1. The minimum Gasteiger partial charge on any atom is -0.454 e. The molecule has 0 fully saturated rings. The number of primary sulfonamides is 1. The van der Waals surface area contributed by atoms with Crippen LogP contribution in [0.4, 0.5) is 13.2 Å². The molecule has 1 aromatic heterocycles. The van der Waals surface area contributed by atoms with Crippen LogP contribution in [0.15, 0.2) is 47.4 Å². The number of aryl methyl sites for hydroxylation is 1. The van der Waals surface area contributed by atoms with E-state index in [4.69, 9.17) is 14.6 Å². The molecule has 11 heteroatoms. The van der Waals surface area contributed by atoms with Crippen LogP contribution in [0, 0.1) is 6.92 Å². The molecule has 0 aliphatic carbocycles. The van der Waals surface area contributed by atoms with Crippen molar-refractivity contribution in [1.29, 1.82) is 0 Å². The van der Waals surface area contributed by atoms with Crippen LogP contribution in [0.1, 0.15) is 11.3 Å². The van der Waals surface area contributed by atoms with Gasteiger partial charge in [0.2, 0.25) is 16.8 Å². The zero-order chi connectivity index (χ0) is 21.0. The first-order valence-corrected chi connectivity index (χ1v) is 9.80. The Morgan fingerprint density at radius 1 is 1.14 bits per heavy atom. The van der Waals surface area contributed by atoms with E-state index in [1.807, 2.05) is 0 Å². The number of hydrogen-bond donors (Lipinski definition) is 1. The van der Waals surface area contributed by atoms with Gasteiger partial charge in [-0.15, -0.1) is 0 Å². The van der Waals surface area contributed by atoms with Crippen molar-refractivity contribution < 1.29 is 31.1 Å². The Labute approximate surface area is 163 Å². The highest BCUT2D eigenvalue weighted by atomic mass is 32.2. The summed E-state index contributed by atoms with van der Waals surface area (Å²) in [6.07, 6.45) is -4.73. The molecule has 0 bridgehead atoms. The molecular formula is C18H14F3N3O4S. The van der Waals surface area contributed by atoms with Gasteiger partial charge in [-0.1, -0.05) is 12.1 Å². The first-order chi connectivity index (χ1) is 13.6. The molecule has 7 nitrogen and oxygen atoms in total. The zero-order valence-electron chi connectivity index (χ0n) is 14.9. The van der Waals surface area contributed by atoms with Crippen LogP contribution in [-0.4, -0.2) is 25.0 Å². The second-order valence-corrected chi connectivity index (χ2v) is 7.89. The molecule has 2 heterocycles. The lowest BCUT2D eigenvalue weighted by atomic mass is 10.1. The summed E-state index contributed by atoms with van der Waals surface area (Å²) < 4.78 is 75.7. The molecule has 0 amide bonds. The average Bonchev–Trinajstić information content (AvgIpc) is 3.27. The highest BCUT2D eigenvalue weighted by Crippen LogP contribution is 2.41. The second kappa shape index (κ2) is 6.49. The molecule has 3 aromatic rings. The quantitative estimate of drug-likeness (QED) is 0.695. The molecular weight excluding hydrogens is 411 g/mol. The minimum absolute atomic E-state index is 0.000933. The predicted octanol–water partition coefficient (Wildman–Crippen LogP) is 3.24. The summed E-state index contributed by atoms with van der Waals surface area (Å²) in [7, 11) is -4.21. The van der Waals surface area contributed by atoms with Gasteiger partial charge < -0.3 is 9.47 Å². The molecule has 0 saturated heterocycles. The van der Waals surface area contributed by atoms with Crippen molar-refractivity contribution in [3.63, 3.8) is 0 Å². The van der Waals surface area contributed by atoms with Crippen LogP contribution in [0.3, 0.4) is 0 Å². The first kappa shape index (κ1) is 19.3. The number of benzene rings is 2. The second-order valence-electron chi connectivity index (χ2n) is 6.36. The van der Waals surface area contributed by atoms with E-state index in [9.17, 15) is 21.6 Å². The summed E-state index contributed by atoms with van der Waals surface area (Å²) in [4.78, 5) is -0.351. The van der Waals surface area contributed by atoms with Gasteiger partial charge in [0.05, 0.1) is 11.4 Å². The SMILES string of the molecule is Cc1cc(-c2cc(C(F)(F)F)nn2-c2ccccc2S(N)(=O)=O)cc2c1OCO2. The van der Waals surface area contributed by atoms with Crippen molar-refractivity contribution in [3.05, 3.63) is 53.7 Å². The fraction of sp³-hybridized carbons (Fsp3) is 0.167. The lowest BCUT2D eigenvalue weighted by molar-refractivity contribution is -0.141. The molecule has 0 unspecified atom stereocenters. The normalized spacial score (nSPS) is 13.7. The fourth-order valence-electron chi connectivity index (χ4n) is 3.12. The summed E-state index contributed by atoms with van der Waals surface area (Å²) in [6, 6.07) is 9.40. The Morgan fingerprint density at radius 2 is 1.86 bits per heavy atom. The number of ether oxygens (including phenoxy) is 2. The number of nitrogens with zero attached hydrogens (tertiary/aromatic N) is 2. The number of para-hydroxylation sites is 1. The Morgan fingerprint density at radius 3 is 2.55 bits per heavy atom. The van der Waals surface area contributed by atoms with Crippen LogP contribution >= 0.6 is 0 Å². The van der Waals surface area contributed by atoms with Gasteiger partial charge in [0, 0.05) is 5.56 Å². The number of rotatable bonds is 3. The van der Waals surface area contributed by atoms with E-state index < -0.39 is 21.9 Å². The van der Waals surface area contributed by atoms with Crippen LogP contribution in [-0.2, 0) is 16.2 Å². The minimum atomic E-state index is -4.73. The molecule has 4 rings (SSSR count). The van der Waals surface area contributed by atoms with Gasteiger partial charge in [0.25, 0.3) is 0 Å². The van der Waals surface area contributed by atoms with Gasteiger partial charge in [0.15, 0.2) is 17.2 Å². The number of halogens is 3. The lowest BCUT2D eigenvalue weighted by Gasteiger charge is -2.12. The summed E-state index contributed by atoms with van der Waals surface area (Å²) in [5.74, 6) is 0.877. The number of aromatic nitrogens is 2. The van der Waals surface area contributed by atoms with Gasteiger partial charge in [-0.2, -0.15) is 18.3 Å². The fourth-order valence-corrected chi connectivity index (χ4v) is 3.83. The van der Waals surface area contributed by atoms with Crippen LogP contribution < -0.4 is 14.6 Å². The third-order valence-corrected chi connectivity index (χ3v) is 5.31. The third kappa shape index (κ3) is 3.42. The molecule has 0 saturated carbocycles. The van der Waals surface area contributed by atoms with Gasteiger partial charge in [-0.3, -0.25) is 0 Å². The van der Waals surface area contributed by atoms with Crippen LogP contribution in [0.2, 0.25) is 0 Å². The van der Waals surface area contributed by atoms with E-state index >= 15 is 0 Å². The van der Waals surface area contributed by atoms with E-state index in [2.05, 4.69) is 5.10 Å². The first-order valence-electron chi connectivity index (χ1n) is 8.26. The highest BCUT2D eigenvalue weighted by Gasteiger charge is 2.36. The largest absolute Gasteiger partial charge is 0.454 e. The summed E-state index contributed by atoms with van der Waals surface area (Å²) in [5, 5.41) is 8.87. The Kier molecular flexibility index (Phi) is 4.32. The molecule has 1 aliphatic heterocycles. The van der Waals surface area contributed by atoms with Crippen molar-refractivity contribution in [3.8, 4) is 28.4 Å². The Bertz CT molecular complexity index is 1220. The molecule has 0 spiro atoms. The van der Waals surface area contributed by atoms with E-state index in [1.165, 1.54) is 30.3 Å². The Balaban J connectivity index is 2.00. The Hall–Kier alpha value is -3.05. The molecule has 2 N–H and O–H groups in total. The van der Waals surface area contributed by atoms with Crippen molar-refractivity contribution in [2.45, 2.75) is 18.0 Å². The van der Waals surface area contributed by atoms with E-state index in [0.29, 0.717) is 22.6 Å². The third-order valence-electron chi connectivity index (χ3n) is 4.35. The van der Waals surface area contributed by atoms with Gasteiger partial charge in [0.1, 0.15) is 4.90 Å². The topological polar surface area (TPSA) is 96.4 Å². The van der Waals surface area contributed by atoms with E-state index in [0.717, 1.165) is 10.7 Å². The summed E-state index contributed by atoms with van der Waals surface area (Å²) in [5.41, 5.74) is -0.257. The van der Waals surface area contributed by atoms with Crippen molar-refractivity contribution in [2.24, 2.45) is 5.14 Å². The maximum atomic E-state index is 13.4. The molecule has 1 aliphatic rings. The maximum Gasteiger partial charge on any atom is 0.435 e. The van der Waals surface area contributed by atoms with Gasteiger partial charge >= 0.3 is 6.18 Å². The summed E-state index contributed by atoms with van der Waals surface area (Å²) >= 11 is 0. The highest BCUT2D eigenvalue weighted by molar-refractivity contribution is 7.89. The van der Waals surface area contributed by atoms with E-state index in [1.54, 1.807) is 13.0 Å². The average molecular weight is 425 g/mol. The molecule has 2 aromatic carbocycles. The van der Waals surface area contributed by atoms with Crippen LogP contribution in [0.5, 0.6) is 11.5 Å². The van der Waals surface area contributed by atoms with Crippen molar-refractivity contribution in [1.82, 2.24) is 9.78 Å². The predicted molar refractivity (Wildman–Crippen MR) is 96.2 cm³/mol. The number of nitrogens with two attached hydrogens (primary N) is 1. The number of hydrogen-bond acceptors (Lipinski definition) is 5. The molecule has 152 valence electrons. The van der Waals surface area contributed by atoms with Gasteiger partial charge in [-0.05, 0) is 42.8 Å². The standard InChI is InChI=1S/C18H14F3N3O4S/c1-10-6-11(7-14-17(10)28-9-27-14)13-8-16(18(19,20)21)23-24(13)12-4-2-3-5-15(12)29(22,25)26/h2-8H,9H2,1H3,(H2,22,25,26). The zero-order valence-corrected chi connectivity index (χ0v) is 15.7. The number of sulfonamides is 1. The van der Waals surface area contributed by atoms with Crippen molar-refractivity contribution in [2.75, 3.05) is 6.79 Å². The maximum absolute atomic E-state index is 13.4. The molecule has 29 heavy (non-hydrogen) atoms. The smallest absolute Gasteiger partial charge is 0.435 e. The monoisotopic (exact) mass is 425 g/mol. The molecule has 0 radical (unpaired) electrons. The van der Waals surface area contributed by atoms with E-state index in [-0.39, 0.29) is 23.1 Å². The molecule has 0 atom stereocenters. The van der Waals surface area contributed by atoms with Crippen LogP contribution in [0.25, 0.3) is 16.9 Å². The lowest BCUT2D eigenvalue weighted by Crippen LogP contribution is -2.16.